The molecule has 0 aliphatic heterocycles. The Morgan fingerprint density at radius 1 is 0.949 bits per heavy atom. The summed E-state index contributed by atoms with van der Waals surface area (Å²) in [6, 6.07) is 2.09. The number of amides is 3. The fraction of sp³-hybridized carbons (Fsp3) is 0.519. The lowest BCUT2D eigenvalue weighted by molar-refractivity contribution is -0.144. The molecule has 39 heavy (non-hydrogen) atoms. The smallest absolute Gasteiger partial charge is 0.326 e. The molecule has 0 spiro atoms. The summed E-state index contributed by atoms with van der Waals surface area (Å²) >= 11 is 0. The maximum absolute atomic E-state index is 13.4. The second-order valence-electron chi connectivity index (χ2n) is 10.2. The summed E-state index contributed by atoms with van der Waals surface area (Å²) < 4.78 is 0. The fourth-order valence-electron chi connectivity index (χ4n) is 4.00. The van der Waals surface area contributed by atoms with E-state index in [4.69, 9.17) is 5.73 Å². The number of phenols is 1. The van der Waals surface area contributed by atoms with Crippen LogP contribution in [0, 0.1) is 11.8 Å². The van der Waals surface area contributed by atoms with Crippen LogP contribution in [-0.2, 0) is 32.0 Å². The predicted octanol–water partition coefficient (Wildman–Crippen LogP) is 0.859. The molecule has 0 aliphatic rings. The van der Waals surface area contributed by atoms with Gasteiger partial charge in [-0.2, -0.15) is 0 Å². The summed E-state index contributed by atoms with van der Waals surface area (Å²) in [5, 5.41) is 27.0. The van der Waals surface area contributed by atoms with Gasteiger partial charge in [0.15, 0.2) is 0 Å². The summed E-state index contributed by atoms with van der Waals surface area (Å²) in [5.74, 6) is -3.18. The first-order chi connectivity index (χ1) is 18.4. The lowest BCUT2D eigenvalue weighted by Crippen LogP contribution is -2.58. The summed E-state index contributed by atoms with van der Waals surface area (Å²) in [6.45, 7) is 7.31. The average Bonchev–Trinajstić information content (AvgIpc) is 3.39. The molecule has 2 aromatic rings. The number of H-pyrrole nitrogens is 1. The molecule has 5 atom stereocenters. The number of hydrogen-bond donors (Lipinski definition) is 7. The Morgan fingerprint density at radius 2 is 1.56 bits per heavy atom. The van der Waals surface area contributed by atoms with Gasteiger partial charge in [-0.25, -0.2) is 9.78 Å². The van der Waals surface area contributed by atoms with Crippen molar-refractivity contribution in [3.05, 3.63) is 48.0 Å². The minimum Gasteiger partial charge on any atom is -0.508 e. The number of carbonyl (C=O) groups excluding carboxylic acids is 3. The van der Waals surface area contributed by atoms with Crippen molar-refractivity contribution < 1.29 is 29.4 Å². The van der Waals surface area contributed by atoms with Gasteiger partial charge in [0.2, 0.25) is 17.7 Å². The van der Waals surface area contributed by atoms with Gasteiger partial charge in [-0.05, 0) is 42.4 Å². The predicted molar refractivity (Wildman–Crippen MR) is 144 cm³/mol. The minimum absolute atomic E-state index is 0.00677. The van der Waals surface area contributed by atoms with Crippen molar-refractivity contribution in [2.75, 3.05) is 0 Å². The number of nitrogens with one attached hydrogen (secondary N) is 4. The lowest BCUT2D eigenvalue weighted by atomic mass is 9.97. The second kappa shape index (κ2) is 14.9. The highest BCUT2D eigenvalue weighted by atomic mass is 16.4. The SMILES string of the molecule is CCC(C)C(NC(=O)C(CC(C)C)NC(=O)C(Cc1cnc[nH]1)NC(=O)C(N)Cc1ccc(O)cc1)C(=O)O. The Bertz CT molecular complexity index is 1090. The van der Waals surface area contributed by atoms with E-state index in [1.165, 1.54) is 24.7 Å². The molecule has 1 heterocycles. The van der Waals surface area contributed by atoms with Gasteiger partial charge in [0.1, 0.15) is 23.9 Å². The van der Waals surface area contributed by atoms with Crippen LogP contribution in [0.3, 0.4) is 0 Å². The molecular formula is C27H40N6O6. The van der Waals surface area contributed by atoms with Crippen LogP contribution in [0.25, 0.3) is 0 Å². The molecule has 2 rings (SSSR count). The van der Waals surface area contributed by atoms with Gasteiger partial charge in [-0.3, -0.25) is 14.4 Å². The standard InChI is InChI=1S/C27H40N6O6/c1-5-16(4)23(27(38)39)33-26(37)21(10-15(2)3)32-25(36)22(12-18-13-29-14-30-18)31-24(35)20(28)11-17-6-8-19(34)9-7-17/h6-9,13-16,20-23,34H,5,10-12,28H2,1-4H3,(H,29,30)(H,31,35)(H,32,36)(H,33,37)(H,38,39). The number of benzene rings is 1. The first kappa shape index (κ1) is 31.3. The monoisotopic (exact) mass is 544 g/mol. The van der Waals surface area contributed by atoms with Crippen molar-refractivity contribution in [1.29, 1.82) is 0 Å². The highest BCUT2D eigenvalue weighted by molar-refractivity contribution is 5.94. The van der Waals surface area contributed by atoms with Gasteiger partial charge in [-0.1, -0.05) is 46.2 Å². The highest BCUT2D eigenvalue weighted by Crippen LogP contribution is 2.13. The van der Waals surface area contributed by atoms with Crippen molar-refractivity contribution in [2.24, 2.45) is 17.6 Å². The van der Waals surface area contributed by atoms with Crippen LogP contribution in [-0.4, -0.2) is 68.0 Å². The summed E-state index contributed by atoms with van der Waals surface area (Å²) in [7, 11) is 0. The average molecular weight is 545 g/mol. The van der Waals surface area contributed by atoms with Gasteiger partial charge in [0.25, 0.3) is 0 Å². The number of rotatable bonds is 15. The lowest BCUT2D eigenvalue weighted by Gasteiger charge is -2.27. The number of aliphatic carboxylic acids is 1. The Kier molecular flexibility index (Phi) is 11.9. The van der Waals surface area contributed by atoms with Gasteiger partial charge in [-0.15, -0.1) is 0 Å². The number of nitrogens with two attached hydrogens (primary N) is 1. The summed E-state index contributed by atoms with van der Waals surface area (Å²) in [6.07, 6.45) is 4.00. The van der Waals surface area contributed by atoms with Crippen molar-refractivity contribution in [1.82, 2.24) is 25.9 Å². The van der Waals surface area contributed by atoms with E-state index in [1.807, 2.05) is 20.8 Å². The number of phenolic OH excluding ortho intramolecular Hbond substituents is 1. The van der Waals surface area contributed by atoms with Crippen LogP contribution in [0.5, 0.6) is 5.75 Å². The number of aromatic nitrogens is 2. The molecule has 214 valence electrons. The first-order valence-corrected chi connectivity index (χ1v) is 13.1. The van der Waals surface area contributed by atoms with E-state index >= 15 is 0 Å². The molecule has 0 saturated heterocycles. The van der Waals surface area contributed by atoms with Gasteiger partial charge in [0.05, 0.1) is 12.4 Å². The second-order valence-corrected chi connectivity index (χ2v) is 10.2. The summed E-state index contributed by atoms with van der Waals surface area (Å²) in [5.41, 5.74) is 7.41. The van der Waals surface area contributed by atoms with E-state index in [2.05, 4.69) is 25.9 Å². The van der Waals surface area contributed by atoms with Crippen molar-refractivity contribution in [3.8, 4) is 5.75 Å². The van der Waals surface area contributed by atoms with Crippen LogP contribution >= 0.6 is 0 Å². The molecule has 8 N–H and O–H groups in total. The van der Waals surface area contributed by atoms with E-state index in [9.17, 15) is 29.4 Å². The maximum atomic E-state index is 13.4. The summed E-state index contributed by atoms with van der Waals surface area (Å²) in [4.78, 5) is 58.0. The Morgan fingerprint density at radius 3 is 2.10 bits per heavy atom. The van der Waals surface area contributed by atoms with Crippen LogP contribution < -0.4 is 21.7 Å². The fourth-order valence-corrected chi connectivity index (χ4v) is 4.00. The van der Waals surface area contributed by atoms with E-state index < -0.39 is 47.9 Å². The maximum Gasteiger partial charge on any atom is 0.326 e. The van der Waals surface area contributed by atoms with Crippen LogP contribution in [0.2, 0.25) is 0 Å². The van der Waals surface area contributed by atoms with E-state index in [-0.39, 0.29) is 36.8 Å². The topological polar surface area (TPSA) is 200 Å². The van der Waals surface area contributed by atoms with Crippen molar-refractivity contribution in [3.63, 3.8) is 0 Å². The quantitative estimate of drug-likeness (QED) is 0.171. The minimum atomic E-state index is -1.15. The first-order valence-electron chi connectivity index (χ1n) is 13.1. The molecule has 5 unspecified atom stereocenters. The molecule has 0 saturated carbocycles. The normalized spacial score (nSPS) is 15.0. The number of carbonyl (C=O) groups is 4. The molecule has 0 radical (unpaired) electrons. The third-order valence-electron chi connectivity index (χ3n) is 6.46. The number of carboxylic acid groups (broad SMARTS) is 1. The molecule has 3 amide bonds. The van der Waals surface area contributed by atoms with Gasteiger partial charge >= 0.3 is 5.97 Å². The number of aromatic hydroxyl groups is 1. The number of nitrogens with zero attached hydrogens (tertiary/aromatic N) is 1. The molecule has 0 bridgehead atoms. The van der Waals surface area contributed by atoms with E-state index in [0.717, 1.165) is 5.56 Å². The molecule has 1 aromatic heterocycles. The third-order valence-corrected chi connectivity index (χ3v) is 6.46. The Balaban J connectivity index is 2.19. The van der Waals surface area contributed by atoms with Crippen LogP contribution in [0.15, 0.2) is 36.8 Å². The Hall–Kier alpha value is -3.93. The van der Waals surface area contributed by atoms with Gasteiger partial charge in [0, 0.05) is 18.3 Å². The Labute approximate surface area is 228 Å². The van der Waals surface area contributed by atoms with Crippen molar-refractivity contribution >= 4 is 23.7 Å². The zero-order valence-electron chi connectivity index (χ0n) is 22.8. The number of aromatic amines is 1. The zero-order chi connectivity index (χ0) is 29.1. The van der Waals surface area contributed by atoms with Crippen LogP contribution in [0.1, 0.15) is 51.8 Å². The third kappa shape index (κ3) is 10.0. The molecule has 1 aromatic carbocycles. The highest BCUT2D eigenvalue weighted by Gasteiger charge is 2.32. The van der Waals surface area contributed by atoms with Crippen molar-refractivity contribution in [2.45, 2.75) is 77.5 Å². The largest absolute Gasteiger partial charge is 0.508 e. The zero-order valence-corrected chi connectivity index (χ0v) is 22.8. The molecule has 0 fully saturated rings. The molecule has 0 aliphatic carbocycles. The van der Waals surface area contributed by atoms with Gasteiger partial charge < -0.3 is 36.9 Å². The molecule has 12 nitrogen and oxygen atoms in total. The molecule has 12 heteroatoms. The van der Waals surface area contributed by atoms with E-state index in [1.54, 1.807) is 19.1 Å². The molecular weight excluding hydrogens is 504 g/mol. The number of hydrogen-bond acceptors (Lipinski definition) is 7. The number of imidazole rings is 1. The van der Waals surface area contributed by atoms with E-state index in [0.29, 0.717) is 12.1 Å². The number of carboxylic acids is 1. The van der Waals surface area contributed by atoms with Crippen LogP contribution in [0.4, 0.5) is 0 Å².